The number of nitrogens with two attached hydrogens (primary N) is 1. The zero-order valence-corrected chi connectivity index (χ0v) is 14.7. The Hall–Kier alpha value is -3.15. The van der Waals surface area contributed by atoms with Crippen molar-refractivity contribution in [3.05, 3.63) is 40.3 Å². The Bertz CT molecular complexity index is 1030. The average molecular weight is 379 g/mol. The number of ether oxygens (including phenoxy) is 2. The number of esters is 1. The number of hydrogen-bond acceptors (Lipinski definition) is 5. The molecule has 1 atom stereocenters. The summed E-state index contributed by atoms with van der Waals surface area (Å²) in [4.78, 5) is 15.5. The van der Waals surface area contributed by atoms with Gasteiger partial charge in [0, 0.05) is 5.39 Å². The number of fused-ring (bicyclic) bond motifs is 3. The van der Waals surface area contributed by atoms with E-state index in [-0.39, 0.29) is 17.9 Å². The van der Waals surface area contributed by atoms with Crippen molar-refractivity contribution >= 4 is 16.9 Å². The van der Waals surface area contributed by atoms with Crippen LogP contribution in [-0.2, 0) is 14.9 Å². The van der Waals surface area contributed by atoms with Gasteiger partial charge in [0.2, 0.25) is 17.2 Å². The number of nitriles is 1. The average Bonchev–Trinajstić information content (AvgIpc) is 2.91. The minimum atomic E-state index is -5.19. The van der Waals surface area contributed by atoms with Crippen LogP contribution in [0.2, 0.25) is 0 Å². The van der Waals surface area contributed by atoms with Crippen LogP contribution in [-0.4, -0.2) is 23.7 Å². The van der Waals surface area contributed by atoms with Crippen LogP contribution in [0.4, 0.5) is 13.2 Å². The van der Waals surface area contributed by atoms with Gasteiger partial charge in [-0.15, -0.1) is 0 Å². The van der Waals surface area contributed by atoms with Crippen molar-refractivity contribution in [2.75, 3.05) is 6.61 Å². The third-order valence-corrected chi connectivity index (χ3v) is 4.54. The summed E-state index contributed by atoms with van der Waals surface area (Å²) in [6, 6.07) is 4.68. The molecule has 6 nitrogen and oxygen atoms in total. The molecule has 9 heteroatoms. The van der Waals surface area contributed by atoms with Crippen molar-refractivity contribution in [3.63, 3.8) is 0 Å². The Morgan fingerprint density at radius 1 is 1.41 bits per heavy atom. The Kier molecular flexibility index (Phi) is 4.10. The molecular formula is C18H16F3N3O3. The number of aromatic amines is 1. The van der Waals surface area contributed by atoms with Crippen LogP contribution in [0.25, 0.3) is 10.9 Å². The van der Waals surface area contributed by atoms with Crippen LogP contribution in [0.1, 0.15) is 23.6 Å². The number of aryl methyl sites for hydroxylation is 2. The number of H-pyrrole nitrogens is 1. The second-order valence-electron chi connectivity index (χ2n) is 6.25. The predicted molar refractivity (Wildman–Crippen MR) is 89.6 cm³/mol. The molecule has 0 radical (unpaired) electrons. The van der Waals surface area contributed by atoms with Gasteiger partial charge in [-0.3, -0.25) is 4.79 Å². The number of aromatic nitrogens is 1. The molecule has 1 aromatic heterocycles. The summed E-state index contributed by atoms with van der Waals surface area (Å²) >= 11 is 0. The van der Waals surface area contributed by atoms with Crippen LogP contribution < -0.4 is 10.5 Å². The van der Waals surface area contributed by atoms with Gasteiger partial charge < -0.3 is 20.2 Å². The fourth-order valence-electron chi connectivity index (χ4n) is 3.53. The van der Waals surface area contributed by atoms with Crippen LogP contribution in [0.5, 0.6) is 5.88 Å². The fraction of sp³-hybridized carbons (Fsp3) is 0.333. The Labute approximate surface area is 152 Å². The summed E-state index contributed by atoms with van der Waals surface area (Å²) in [7, 11) is 0. The third-order valence-electron chi connectivity index (χ3n) is 4.54. The Balaban J connectivity index is 2.55. The lowest BCUT2D eigenvalue weighted by molar-refractivity contribution is -0.201. The standard InChI is InChI=1S/C18H16F3N3O3/c1-4-26-16(25)17(18(19,20)21)11(7-22)14(23)27-15-12(17)10-6-8(2)5-9(3)13(10)24-15/h5-6,24H,4,23H2,1-3H3. The second kappa shape index (κ2) is 5.94. The molecule has 3 N–H and O–H groups in total. The number of carbonyl (C=O) groups is 1. The van der Waals surface area contributed by atoms with Crippen molar-refractivity contribution in [1.29, 1.82) is 5.26 Å². The SMILES string of the molecule is CCOC(=O)C1(C(F)(F)F)C(C#N)=C(N)Oc2[nH]c3c(C)cc(C)cc3c21. The highest BCUT2D eigenvalue weighted by Crippen LogP contribution is 2.55. The van der Waals surface area contributed by atoms with Crippen LogP contribution in [0.15, 0.2) is 23.6 Å². The Morgan fingerprint density at radius 3 is 2.63 bits per heavy atom. The van der Waals surface area contributed by atoms with Gasteiger partial charge in [-0.2, -0.15) is 18.4 Å². The molecule has 1 aromatic carbocycles. The summed E-state index contributed by atoms with van der Waals surface area (Å²) in [6.07, 6.45) is -5.19. The van der Waals surface area contributed by atoms with Gasteiger partial charge in [0.15, 0.2) is 0 Å². The highest BCUT2D eigenvalue weighted by molar-refractivity contribution is 6.01. The quantitative estimate of drug-likeness (QED) is 0.780. The van der Waals surface area contributed by atoms with E-state index in [0.717, 1.165) is 0 Å². The third kappa shape index (κ3) is 2.36. The molecule has 27 heavy (non-hydrogen) atoms. The summed E-state index contributed by atoms with van der Waals surface area (Å²) in [5.41, 5.74) is 2.37. The van der Waals surface area contributed by atoms with Gasteiger partial charge in [0.25, 0.3) is 0 Å². The molecule has 3 rings (SSSR count). The highest BCUT2D eigenvalue weighted by Gasteiger charge is 2.70. The topological polar surface area (TPSA) is 101 Å². The number of halogens is 3. The maximum atomic E-state index is 14.5. The zero-order chi connectivity index (χ0) is 20.1. The molecule has 0 saturated carbocycles. The number of nitrogens with zero attached hydrogens (tertiary/aromatic N) is 1. The second-order valence-corrected chi connectivity index (χ2v) is 6.25. The van der Waals surface area contributed by atoms with Gasteiger partial charge in [-0.1, -0.05) is 11.6 Å². The maximum Gasteiger partial charge on any atom is 0.414 e. The molecule has 1 unspecified atom stereocenters. The molecule has 1 aliphatic rings. The number of benzene rings is 1. The molecule has 0 amide bonds. The molecule has 0 aliphatic carbocycles. The lowest BCUT2D eigenvalue weighted by Gasteiger charge is -2.36. The zero-order valence-electron chi connectivity index (χ0n) is 14.7. The number of rotatable bonds is 2. The Morgan fingerprint density at radius 2 is 2.07 bits per heavy atom. The van der Waals surface area contributed by atoms with E-state index in [2.05, 4.69) is 4.98 Å². The lowest BCUT2D eigenvalue weighted by atomic mass is 9.72. The minimum absolute atomic E-state index is 0.119. The van der Waals surface area contributed by atoms with Crippen molar-refractivity contribution in [2.45, 2.75) is 32.4 Å². The number of alkyl halides is 3. The molecule has 2 aromatic rings. The summed E-state index contributed by atoms with van der Waals surface area (Å²) < 4.78 is 53.4. The smallest absolute Gasteiger partial charge is 0.414 e. The normalized spacial score (nSPS) is 19.4. The van der Waals surface area contributed by atoms with Crippen LogP contribution >= 0.6 is 0 Å². The minimum Gasteiger partial charge on any atom is -0.465 e. The molecule has 2 heterocycles. The van der Waals surface area contributed by atoms with E-state index < -0.39 is 34.6 Å². The highest BCUT2D eigenvalue weighted by atomic mass is 19.4. The van der Waals surface area contributed by atoms with Crippen LogP contribution in [0.3, 0.4) is 0 Å². The van der Waals surface area contributed by atoms with E-state index in [9.17, 15) is 23.2 Å². The van der Waals surface area contributed by atoms with E-state index in [1.165, 1.54) is 19.1 Å². The number of nitrogens with one attached hydrogen (secondary N) is 1. The predicted octanol–water partition coefficient (Wildman–Crippen LogP) is 3.23. The molecule has 0 bridgehead atoms. The van der Waals surface area contributed by atoms with Gasteiger partial charge in [0.1, 0.15) is 11.6 Å². The molecule has 0 spiro atoms. The molecule has 1 aliphatic heterocycles. The molecule has 0 saturated heterocycles. The van der Waals surface area contributed by atoms with Gasteiger partial charge >= 0.3 is 12.1 Å². The molecule has 0 fully saturated rings. The summed E-state index contributed by atoms with van der Waals surface area (Å²) in [6.45, 7) is 4.50. The van der Waals surface area contributed by atoms with E-state index >= 15 is 0 Å². The number of carbonyl (C=O) groups excluding carboxylic acids is 1. The summed E-state index contributed by atoms with van der Waals surface area (Å²) in [5, 5.41) is 9.55. The van der Waals surface area contributed by atoms with Crippen molar-refractivity contribution in [2.24, 2.45) is 5.73 Å². The van der Waals surface area contributed by atoms with Crippen LogP contribution in [0, 0.1) is 25.2 Å². The fourth-order valence-corrected chi connectivity index (χ4v) is 3.53. The van der Waals surface area contributed by atoms with E-state index in [1.54, 1.807) is 19.9 Å². The number of hydrogen-bond donors (Lipinski definition) is 2. The van der Waals surface area contributed by atoms with E-state index in [4.69, 9.17) is 15.2 Å². The largest absolute Gasteiger partial charge is 0.465 e. The monoisotopic (exact) mass is 379 g/mol. The van der Waals surface area contributed by atoms with E-state index in [0.29, 0.717) is 16.6 Å². The first-order valence-electron chi connectivity index (χ1n) is 8.05. The first-order valence-corrected chi connectivity index (χ1v) is 8.05. The molecule has 142 valence electrons. The molecular weight excluding hydrogens is 363 g/mol. The first-order chi connectivity index (χ1) is 12.6. The van der Waals surface area contributed by atoms with Gasteiger partial charge in [-0.05, 0) is 32.4 Å². The van der Waals surface area contributed by atoms with Crippen molar-refractivity contribution in [3.8, 4) is 11.9 Å². The van der Waals surface area contributed by atoms with Gasteiger partial charge in [-0.25, -0.2) is 0 Å². The lowest BCUT2D eigenvalue weighted by Crippen LogP contribution is -2.54. The van der Waals surface area contributed by atoms with Crippen molar-refractivity contribution in [1.82, 2.24) is 4.98 Å². The maximum absolute atomic E-state index is 14.5. The van der Waals surface area contributed by atoms with Crippen molar-refractivity contribution < 1.29 is 27.4 Å². The van der Waals surface area contributed by atoms with E-state index in [1.807, 2.05) is 0 Å². The first kappa shape index (κ1) is 18.6. The summed E-state index contributed by atoms with van der Waals surface area (Å²) in [5.74, 6) is -2.75. The van der Waals surface area contributed by atoms with Gasteiger partial charge in [0.05, 0.1) is 17.7 Å².